The van der Waals surface area contributed by atoms with Crippen LogP contribution >= 0.6 is 11.6 Å². The maximum absolute atomic E-state index is 12.2. The topological polar surface area (TPSA) is 41.6 Å². The Kier molecular flexibility index (Phi) is 5.49. The zero-order valence-corrected chi connectivity index (χ0v) is 15.3. The Morgan fingerprint density at radius 3 is 2.88 bits per heavy atom. The number of para-hydroxylation sites is 1. The summed E-state index contributed by atoms with van der Waals surface area (Å²) in [5, 5.41) is 3.40. The molecule has 1 aliphatic rings. The summed E-state index contributed by atoms with van der Waals surface area (Å²) in [4.78, 5) is 14.7. The van der Waals surface area contributed by atoms with Gasteiger partial charge in [0, 0.05) is 30.4 Å². The van der Waals surface area contributed by atoms with Crippen LogP contribution in [0.5, 0.6) is 5.75 Å². The Balaban J connectivity index is 1.50. The summed E-state index contributed by atoms with van der Waals surface area (Å²) in [7, 11) is 1.55. The summed E-state index contributed by atoms with van der Waals surface area (Å²) in [5.74, 6) is 0.458. The van der Waals surface area contributed by atoms with Crippen molar-refractivity contribution in [1.29, 1.82) is 0 Å². The lowest BCUT2D eigenvalue weighted by Crippen LogP contribution is -2.33. The van der Waals surface area contributed by atoms with Crippen LogP contribution in [0.2, 0.25) is 5.02 Å². The van der Waals surface area contributed by atoms with Gasteiger partial charge in [-0.05, 0) is 49.6 Å². The lowest BCUT2D eigenvalue weighted by atomic mass is 10.1. The van der Waals surface area contributed by atoms with E-state index in [0.717, 1.165) is 19.4 Å². The molecule has 25 heavy (non-hydrogen) atoms. The van der Waals surface area contributed by atoms with Gasteiger partial charge >= 0.3 is 0 Å². The number of nitrogens with zero attached hydrogens (tertiary/aromatic N) is 1. The number of amides is 1. The average Bonchev–Trinajstić information content (AvgIpc) is 2.93. The molecule has 0 unspecified atom stereocenters. The van der Waals surface area contributed by atoms with Crippen molar-refractivity contribution in [1.82, 2.24) is 5.32 Å². The predicted octanol–water partition coefficient (Wildman–Crippen LogP) is 3.92. The van der Waals surface area contributed by atoms with E-state index >= 15 is 0 Å². The highest BCUT2D eigenvalue weighted by Gasteiger charge is 2.24. The zero-order valence-electron chi connectivity index (χ0n) is 14.6. The summed E-state index contributed by atoms with van der Waals surface area (Å²) >= 11 is 6.07. The van der Waals surface area contributed by atoms with E-state index in [1.54, 1.807) is 25.3 Å². The second kappa shape index (κ2) is 7.79. The third kappa shape index (κ3) is 3.90. The van der Waals surface area contributed by atoms with Crippen LogP contribution in [0.3, 0.4) is 0 Å². The Morgan fingerprint density at radius 2 is 2.12 bits per heavy atom. The first-order valence-electron chi connectivity index (χ1n) is 8.56. The first-order chi connectivity index (χ1) is 12.1. The molecule has 0 radical (unpaired) electrons. The fraction of sp³-hybridized carbons (Fsp3) is 0.350. The zero-order chi connectivity index (χ0) is 17.8. The SMILES string of the molecule is COc1ccc(C(=O)NCCCN2c3ccccc3C[C@H]2C)cc1Cl. The van der Waals surface area contributed by atoms with E-state index in [0.29, 0.717) is 28.9 Å². The number of nitrogens with one attached hydrogen (secondary N) is 1. The molecule has 0 fully saturated rings. The second-order valence-corrected chi connectivity index (χ2v) is 6.74. The van der Waals surface area contributed by atoms with Crippen LogP contribution in [0.25, 0.3) is 0 Å². The number of benzene rings is 2. The van der Waals surface area contributed by atoms with Gasteiger partial charge in [-0.2, -0.15) is 0 Å². The van der Waals surface area contributed by atoms with E-state index in [1.807, 2.05) is 0 Å². The van der Waals surface area contributed by atoms with Crippen molar-refractivity contribution >= 4 is 23.2 Å². The van der Waals surface area contributed by atoms with Crippen molar-refractivity contribution in [2.75, 3.05) is 25.1 Å². The van der Waals surface area contributed by atoms with Gasteiger partial charge in [0.2, 0.25) is 0 Å². The molecule has 3 rings (SSSR count). The molecule has 0 saturated carbocycles. The third-order valence-corrected chi connectivity index (χ3v) is 4.92. The highest BCUT2D eigenvalue weighted by molar-refractivity contribution is 6.32. The predicted molar refractivity (Wildman–Crippen MR) is 102 cm³/mol. The molecule has 1 atom stereocenters. The molecule has 2 aromatic carbocycles. The van der Waals surface area contributed by atoms with Gasteiger partial charge < -0.3 is 15.0 Å². The van der Waals surface area contributed by atoms with Crippen LogP contribution in [0.1, 0.15) is 29.3 Å². The molecule has 5 heteroatoms. The molecule has 0 aliphatic carbocycles. The molecule has 1 aliphatic heterocycles. The minimum Gasteiger partial charge on any atom is -0.495 e. The molecular weight excluding hydrogens is 336 g/mol. The number of ether oxygens (including phenoxy) is 1. The fourth-order valence-corrected chi connectivity index (χ4v) is 3.59. The Hall–Kier alpha value is -2.20. The van der Waals surface area contributed by atoms with Gasteiger partial charge in [-0.25, -0.2) is 0 Å². The number of hydrogen-bond donors (Lipinski definition) is 1. The molecule has 0 bridgehead atoms. The van der Waals surface area contributed by atoms with E-state index in [1.165, 1.54) is 11.3 Å². The lowest BCUT2D eigenvalue weighted by Gasteiger charge is -2.24. The summed E-state index contributed by atoms with van der Waals surface area (Å²) in [6.07, 6.45) is 1.99. The lowest BCUT2D eigenvalue weighted by molar-refractivity contribution is 0.0953. The monoisotopic (exact) mass is 358 g/mol. The molecular formula is C20H23ClN2O2. The molecule has 1 N–H and O–H groups in total. The van der Waals surface area contributed by atoms with Crippen molar-refractivity contribution in [2.45, 2.75) is 25.8 Å². The highest BCUT2D eigenvalue weighted by Crippen LogP contribution is 2.31. The smallest absolute Gasteiger partial charge is 0.251 e. The van der Waals surface area contributed by atoms with Crippen LogP contribution < -0.4 is 15.0 Å². The number of rotatable bonds is 6. The number of anilines is 1. The number of carbonyl (C=O) groups excluding carboxylic acids is 1. The maximum atomic E-state index is 12.2. The van der Waals surface area contributed by atoms with Crippen LogP contribution in [0.15, 0.2) is 42.5 Å². The number of carbonyl (C=O) groups is 1. The van der Waals surface area contributed by atoms with Crippen molar-refractivity contribution in [3.63, 3.8) is 0 Å². The first-order valence-corrected chi connectivity index (χ1v) is 8.94. The van der Waals surface area contributed by atoms with Crippen LogP contribution in [-0.2, 0) is 6.42 Å². The van der Waals surface area contributed by atoms with E-state index in [-0.39, 0.29) is 5.91 Å². The minimum absolute atomic E-state index is 0.112. The van der Waals surface area contributed by atoms with Crippen LogP contribution in [0, 0.1) is 0 Å². The first kappa shape index (κ1) is 17.6. The Bertz CT molecular complexity index is 763. The van der Waals surface area contributed by atoms with Gasteiger partial charge in [-0.3, -0.25) is 4.79 Å². The number of methoxy groups -OCH3 is 1. The fourth-order valence-electron chi connectivity index (χ4n) is 3.33. The van der Waals surface area contributed by atoms with E-state index < -0.39 is 0 Å². The highest BCUT2D eigenvalue weighted by atomic mass is 35.5. The summed E-state index contributed by atoms with van der Waals surface area (Å²) in [6.45, 7) is 3.81. The summed E-state index contributed by atoms with van der Waals surface area (Å²) in [5.41, 5.74) is 3.28. The summed E-state index contributed by atoms with van der Waals surface area (Å²) in [6, 6.07) is 14.1. The molecule has 1 amide bonds. The molecule has 2 aromatic rings. The van der Waals surface area contributed by atoms with Gasteiger partial charge in [-0.1, -0.05) is 29.8 Å². The van der Waals surface area contributed by atoms with Crippen molar-refractivity contribution in [3.05, 3.63) is 58.6 Å². The van der Waals surface area contributed by atoms with Crippen LogP contribution in [-0.4, -0.2) is 32.1 Å². The normalized spacial score (nSPS) is 15.8. The van der Waals surface area contributed by atoms with E-state index in [2.05, 4.69) is 41.4 Å². The minimum atomic E-state index is -0.112. The quantitative estimate of drug-likeness (QED) is 0.796. The van der Waals surface area contributed by atoms with Crippen LogP contribution in [0.4, 0.5) is 5.69 Å². The third-order valence-electron chi connectivity index (χ3n) is 4.62. The average molecular weight is 359 g/mol. The largest absolute Gasteiger partial charge is 0.495 e. The molecule has 0 aromatic heterocycles. The van der Waals surface area contributed by atoms with Crippen molar-refractivity contribution in [2.24, 2.45) is 0 Å². The van der Waals surface area contributed by atoms with E-state index in [4.69, 9.17) is 16.3 Å². The molecule has 0 spiro atoms. The van der Waals surface area contributed by atoms with Gasteiger partial charge in [0.05, 0.1) is 12.1 Å². The number of hydrogen-bond acceptors (Lipinski definition) is 3. The van der Waals surface area contributed by atoms with Crippen molar-refractivity contribution < 1.29 is 9.53 Å². The number of halogens is 1. The Labute approximate surface area is 153 Å². The molecule has 1 heterocycles. The van der Waals surface area contributed by atoms with Gasteiger partial charge in [0.15, 0.2) is 0 Å². The molecule has 0 saturated heterocycles. The van der Waals surface area contributed by atoms with E-state index in [9.17, 15) is 4.79 Å². The standard InChI is InChI=1S/C20H23ClN2O2/c1-14-12-15-6-3-4-7-18(15)23(14)11-5-10-22-20(24)16-8-9-19(25-2)17(21)13-16/h3-4,6-9,13-14H,5,10-12H2,1-2H3,(H,22,24)/t14-/m1/s1. The molecule has 132 valence electrons. The summed E-state index contributed by atoms with van der Waals surface area (Å²) < 4.78 is 5.10. The van der Waals surface area contributed by atoms with Gasteiger partial charge in [0.1, 0.15) is 5.75 Å². The second-order valence-electron chi connectivity index (χ2n) is 6.33. The van der Waals surface area contributed by atoms with Gasteiger partial charge in [0.25, 0.3) is 5.91 Å². The Morgan fingerprint density at radius 1 is 1.32 bits per heavy atom. The number of fused-ring (bicyclic) bond motifs is 1. The van der Waals surface area contributed by atoms with Gasteiger partial charge in [-0.15, -0.1) is 0 Å². The van der Waals surface area contributed by atoms with Crippen molar-refractivity contribution in [3.8, 4) is 5.75 Å². The maximum Gasteiger partial charge on any atom is 0.251 e. The molecule has 4 nitrogen and oxygen atoms in total.